The Kier molecular flexibility index (Phi) is 13.9. The van der Waals surface area contributed by atoms with E-state index in [9.17, 15) is 18.0 Å². The Morgan fingerprint density at radius 1 is 1.03 bits per heavy atom. The molecular weight excluding hydrogens is 409 g/mol. The molecule has 2 amide bonds. The molecule has 29 heavy (non-hydrogen) atoms. The van der Waals surface area contributed by atoms with Crippen molar-refractivity contribution >= 4 is 17.6 Å². The highest BCUT2D eigenvalue weighted by atomic mass is 35.5. The van der Waals surface area contributed by atoms with E-state index in [1.54, 1.807) is 0 Å². The second kappa shape index (κ2) is 14.3. The lowest BCUT2D eigenvalue weighted by Crippen LogP contribution is -2.66. The number of hydrogen-bond acceptors (Lipinski definition) is 4. The van der Waals surface area contributed by atoms with Crippen LogP contribution in [0.4, 0.5) is 18.0 Å². The third-order valence-electron chi connectivity index (χ3n) is 4.58. The summed E-state index contributed by atoms with van der Waals surface area (Å²) < 4.78 is 40.6. The molecule has 2 rings (SSSR count). The molecule has 4 N–H and O–H groups in total. The SMILES string of the molecule is CC.CC.CC(C)C1CC(Cl)NC(NC(=O)NC2CCC(OC(F)(F)F)CC2)N1. The van der Waals surface area contributed by atoms with Crippen LogP contribution in [0, 0.1) is 5.92 Å². The van der Waals surface area contributed by atoms with Gasteiger partial charge in [-0.25, -0.2) is 4.79 Å². The summed E-state index contributed by atoms with van der Waals surface area (Å²) in [5.41, 5.74) is -0.242. The van der Waals surface area contributed by atoms with Gasteiger partial charge in [0.1, 0.15) is 6.29 Å². The van der Waals surface area contributed by atoms with Gasteiger partial charge in [-0.3, -0.25) is 15.4 Å². The molecule has 1 heterocycles. The number of alkyl halides is 4. The standard InChI is InChI=1S/C15H26ClF3N4O2.2C2H6/c1-8(2)11-7-12(16)22-13(21-11)23-14(24)20-9-3-5-10(6-4-9)25-15(17,18)19;2*1-2/h8-13,21-22H,3-7H2,1-2H3,(H2,20,23,24);2*1-2H3. The third-order valence-corrected chi connectivity index (χ3v) is 4.88. The lowest BCUT2D eigenvalue weighted by atomic mass is 9.93. The summed E-state index contributed by atoms with van der Waals surface area (Å²) in [6.07, 6.45) is -3.69. The maximum Gasteiger partial charge on any atom is 0.522 e. The molecule has 2 aliphatic rings. The first kappa shape index (κ1) is 28.2. The molecule has 1 aliphatic heterocycles. The number of halogens is 4. The molecule has 6 nitrogen and oxygen atoms in total. The van der Waals surface area contributed by atoms with Crippen molar-refractivity contribution in [3.05, 3.63) is 0 Å². The van der Waals surface area contributed by atoms with E-state index in [0.717, 1.165) is 6.42 Å². The molecule has 0 aromatic rings. The summed E-state index contributed by atoms with van der Waals surface area (Å²) >= 11 is 6.17. The minimum atomic E-state index is -4.61. The second-order valence-corrected chi connectivity index (χ2v) is 7.50. The molecule has 2 fully saturated rings. The number of rotatable bonds is 4. The number of ether oxygens (including phenoxy) is 1. The minimum absolute atomic E-state index is 0.163. The average Bonchev–Trinajstić information content (AvgIpc) is 2.65. The molecule has 0 radical (unpaired) electrons. The predicted molar refractivity (Wildman–Crippen MR) is 110 cm³/mol. The van der Waals surface area contributed by atoms with Crippen LogP contribution in [0.3, 0.4) is 0 Å². The van der Waals surface area contributed by atoms with Gasteiger partial charge >= 0.3 is 12.4 Å². The van der Waals surface area contributed by atoms with Gasteiger partial charge in [0.25, 0.3) is 0 Å². The van der Waals surface area contributed by atoms with Gasteiger partial charge in [-0.2, -0.15) is 0 Å². The Hall–Kier alpha value is -0.770. The predicted octanol–water partition coefficient (Wildman–Crippen LogP) is 4.64. The van der Waals surface area contributed by atoms with Crippen molar-refractivity contribution in [3.63, 3.8) is 0 Å². The summed E-state index contributed by atoms with van der Waals surface area (Å²) in [5.74, 6) is 0.375. The topological polar surface area (TPSA) is 74.4 Å². The summed E-state index contributed by atoms with van der Waals surface area (Å²) in [5, 5.41) is 11.9. The van der Waals surface area contributed by atoms with Gasteiger partial charge in [-0.15, -0.1) is 24.8 Å². The molecule has 0 aromatic carbocycles. The van der Waals surface area contributed by atoms with Gasteiger partial charge in [0.05, 0.1) is 11.6 Å². The maximum atomic E-state index is 12.2. The van der Waals surface area contributed by atoms with Crippen LogP contribution < -0.4 is 21.3 Å². The maximum absolute atomic E-state index is 12.2. The van der Waals surface area contributed by atoms with Gasteiger partial charge < -0.3 is 10.6 Å². The fourth-order valence-corrected chi connectivity index (χ4v) is 3.54. The summed E-state index contributed by atoms with van der Waals surface area (Å²) in [7, 11) is 0. The second-order valence-electron chi connectivity index (χ2n) is 6.98. The zero-order chi connectivity index (χ0) is 22.6. The largest absolute Gasteiger partial charge is 0.522 e. The van der Waals surface area contributed by atoms with E-state index in [4.69, 9.17) is 11.6 Å². The fraction of sp³-hybridized carbons (Fsp3) is 0.947. The van der Waals surface area contributed by atoms with Crippen molar-refractivity contribution in [2.45, 2.75) is 110 Å². The Labute approximate surface area is 178 Å². The molecule has 1 aliphatic carbocycles. The van der Waals surface area contributed by atoms with Crippen molar-refractivity contribution in [1.29, 1.82) is 0 Å². The van der Waals surface area contributed by atoms with E-state index in [2.05, 4.69) is 39.9 Å². The van der Waals surface area contributed by atoms with Crippen LogP contribution >= 0.6 is 11.6 Å². The van der Waals surface area contributed by atoms with Crippen LogP contribution in [-0.2, 0) is 4.74 Å². The molecule has 0 spiro atoms. The molecule has 3 atom stereocenters. The van der Waals surface area contributed by atoms with E-state index in [-0.39, 0.29) is 36.5 Å². The molecule has 0 aromatic heterocycles. The molecule has 3 unspecified atom stereocenters. The van der Waals surface area contributed by atoms with Crippen LogP contribution in [-0.4, -0.2) is 42.4 Å². The molecule has 10 heteroatoms. The average molecular weight is 447 g/mol. The number of urea groups is 1. The van der Waals surface area contributed by atoms with Crippen molar-refractivity contribution < 1.29 is 22.7 Å². The van der Waals surface area contributed by atoms with Crippen molar-refractivity contribution in [3.8, 4) is 0 Å². The smallest absolute Gasteiger partial charge is 0.335 e. The van der Waals surface area contributed by atoms with Crippen LogP contribution in [0.25, 0.3) is 0 Å². The first-order valence-electron chi connectivity index (χ1n) is 10.6. The number of nitrogens with one attached hydrogen (secondary N) is 4. The summed E-state index contributed by atoms with van der Waals surface area (Å²) in [6, 6.07) is -0.355. The van der Waals surface area contributed by atoms with Gasteiger partial charge in [0, 0.05) is 12.1 Å². The highest BCUT2D eigenvalue weighted by Crippen LogP contribution is 2.28. The number of amides is 2. The normalized spacial score (nSPS) is 29.7. The van der Waals surface area contributed by atoms with Gasteiger partial charge in [0.2, 0.25) is 0 Å². The van der Waals surface area contributed by atoms with Crippen LogP contribution in [0.5, 0.6) is 0 Å². The van der Waals surface area contributed by atoms with Crippen LogP contribution in [0.1, 0.15) is 73.6 Å². The minimum Gasteiger partial charge on any atom is -0.335 e. The molecular formula is C19H38ClF3N4O2. The monoisotopic (exact) mass is 446 g/mol. The van der Waals surface area contributed by atoms with Gasteiger partial charge in [-0.1, -0.05) is 41.5 Å². The summed E-state index contributed by atoms with van der Waals surface area (Å²) in [4.78, 5) is 12.1. The Morgan fingerprint density at radius 2 is 1.59 bits per heavy atom. The zero-order valence-electron chi connectivity index (χ0n) is 18.3. The highest BCUT2D eigenvalue weighted by Gasteiger charge is 2.36. The lowest BCUT2D eigenvalue weighted by Gasteiger charge is -2.37. The summed E-state index contributed by atoms with van der Waals surface area (Å²) in [6.45, 7) is 12.1. The highest BCUT2D eigenvalue weighted by molar-refractivity contribution is 6.20. The van der Waals surface area contributed by atoms with E-state index in [1.807, 2.05) is 27.7 Å². The lowest BCUT2D eigenvalue weighted by molar-refractivity contribution is -0.345. The van der Waals surface area contributed by atoms with Crippen molar-refractivity contribution in [2.75, 3.05) is 0 Å². The Balaban J connectivity index is 0.00000184. The fourth-order valence-electron chi connectivity index (χ4n) is 3.22. The quantitative estimate of drug-likeness (QED) is 0.375. The first-order chi connectivity index (χ1) is 13.6. The Bertz CT molecular complexity index is 448. The first-order valence-corrected chi connectivity index (χ1v) is 11.0. The zero-order valence-corrected chi connectivity index (χ0v) is 19.1. The molecule has 0 bridgehead atoms. The number of hydrogen-bond donors (Lipinski definition) is 4. The number of carbonyl (C=O) groups excluding carboxylic acids is 1. The number of carbonyl (C=O) groups is 1. The van der Waals surface area contributed by atoms with Gasteiger partial charge in [-0.05, 0) is 38.0 Å². The van der Waals surface area contributed by atoms with Gasteiger partial charge in [0.15, 0.2) is 0 Å². The molecule has 1 saturated carbocycles. The van der Waals surface area contributed by atoms with Crippen LogP contribution in [0.2, 0.25) is 0 Å². The van der Waals surface area contributed by atoms with E-state index in [1.165, 1.54) is 0 Å². The van der Waals surface area contributed by atoms with Crippen molar-refractivity contribution in [1.82, 2.24) is 21.3 Å². The van der Waals surface area contributed by atoms with E-state index < -0.39 is 18.8 Å². The van der Waals surface area contributed by atoms with E-state index in [0.29, 0.717) is 18.8 Å². The Morgan fingerprint density at radius 3 is 2.07 bits per heavy atom. The third kappa shape index (κ3) is 11.9. The van der Waals surface area contributed by atoms with Crippen LogP contribution in [0.15, 0.2) is 0 Å². The molecule has 1 saturated heterocycles. The van der Waals surface area contributed by atoms with E-state index >= 15 is 0 Å². The molecule has 174 valence electrons. The van der Waals surface area contributed by atoms with Crippen molar-refractivity contribution in [2.24, 2.45) is 5.92 Å².